The van der Waals surface area contributed by atoms with Gasteiger partial charge in [0.1, 0.15) is 0 Å². The maximum Gasteiger partial charge on any atom is 0.339 e. The van der Waals surface area contributed by atoms with E-state index in [0.717, 1.165) is 5.75 Å². The minimum atomic E-state index is -0.585. The Hall–Kier alpha value is -1.53. The van der Waals surface area contributed by atoms with Gasteiger partial charge in [0.15, 0.2) is 0 Å². The Morgan fingerprint density at radius 3 is 2.74 bits per heavy atom. The fraction of sp³-hybridized carbons (Fsp3) is 0.385. The van der Waals surface area contributed by atoms with Crippen LogP contribution in [0.25, 0.3) is 0 Å². The van der Waals surface area contributed by atoms with Crippen LogP contribution in [0.5, 0.6) is 0 Å². The standard InChI is InChI=1S/C13H18N2O3S/c1-18-13(17)9-5-3-4-6-11(9)15-12(16)10(14)7-8-19-2/h3-6,10H,7-8,14H2,1-2H3,(H,15,16)/t10-/m1/s1. The van der Waals surface area contributed by atoms with Crippen LogP contribution in [0.4, 0.5) is 5.69 Å². The zero-order chi connectivity index (χ0) is 14.3. The number of amides is 1. The van der Waals surface area contributed by atoms with Crippen LogP contribution in [0.1, 0.15) is 16.8 Å². The first-order valence-corrected chi connectivity index (χ1v) is 7.22. The Morgan fingerprint density at radius 2 is 2.11 bits per heavy atom. The Bertz CT molecular complexity index is 451. The Kier molecular flexibility index (Phi) is 6.38. The van der Waals surface area contributed by atoms with Crippen molar-refractivity contribution in [1.29, 1.82) is 0 Å². The number of rotatable bonds is 6. The molecule has 0 bridgehead atoms. The van der Waals surface area contributed by atoms with Crippen molar-refractivity contribution in [2.24, 2.45) is 5.73 Å². The smallest absolute Gasteiger partial charge is 0.339 e. The molecule has 0 aromatic heterocycles. The van der Waals surface area contributed by atoms with Crippen molar-refractivity contribution < 1.29 is 14.3 Å². The minimum Gasteiger partial charge on any atom is -0.465 e. The maximum atomic E-state index is 11.9. The highest BCUT2D eigenvalue weighted by atomic mass is 32.2. The fourth-order valence-electron chi connectivity index (χ4n) is 1.48. The Labute approximate surface area is 116 Å². The van der Waals surface area contributed by atoms with E-state index in [-0.39, 0.29) is 5.91 Å². The van der Waals surface area contributed by atoms with Gasteiger partial charge in [0.25, 0.3) is 0 Å². The second kappa shape index (κ2) is 7.81. The largest absolute Gasteiger partial charge is 0.465 e. The highest BCUT2D eigenvalue weighted by molar-refractivity contribution is 7.98. The van der Waals surface area contributed by atoms with E-state index in [0.29, 0.717) is 17.7 Å². The van der Waals surface area contributed by atoms with Crippen LogP contribution in [-0.2, 0) is 9.53 Å². The molecule has 0 saturated carbocycles. The minimum absolute atomic E-state index is 0.301. The predicted molar refractivity (Wildman–Crippen MR) is 77.4 cm³/mol. The third-order valence-corrected chi connectivity index (χ3v) is 3.20. The number of nitrogens with one attached hydrogen (secondary N) is 1. The molecule has 1 aromatic rings. The molecule has 104 valence electrons. The summed E-state index contributed by atoms with van der Waals surface area (Å²) in [4.78, 5) is 23.4. The first kappa shape index (κ1) is 15.5. The fourth-order valence-corrected chi connectivity index (χ4v) is 1.97. The van der Waals surface area contributed by atoms with Gasteiger partial charge in [-0.25, -0.2) is 4.79 Å². The first-order valence-electron chi connectivity index (χ1n) is 5.83. The van der Waals surface area contributed by atoms with E-state index in [9.17, 15) is 9.59 Å². The van der Waals surface area contributed by atoms with Crippen molar-refractivity contribution in [2.75, 3.05) is 24.4 Å². The molecule has 0 unspecified atom stereocenters. The van der Waals surface area contributed by atoms with Crippen LogP contribution in [0.15, 0.2) is 24.3 Å². The van der Waals surface area contributed by atoms with Gasteiger partial charge in [-0.05, 0) is 30.6 Å². The molecule has 0 heterocycles. The van der Waals surface area contributed by atoms with Crippen LogP contribution in [0.3, 0.4) is 0 Å². The van der Waals surface area contributed by atoms with E-state index in [1.807, 2.05) is 6.26 Å². The van der Waals surface area contributed by atoms with Crippen LogP contribution in [-0.4, -0.2) is 37.0 Å². The summed E-state index contributed by atoms with van der Waals surface area (Å²) in [6.45, 7) is 0. The number of esters is 1. The zero-order valence-electron chi connectivity index (χ0n) is 11.0. The van der Waals surface area contributed by atoms with Crippen molar-refractivity contribution in [3.05, 3.63) is 29.8 Å². The normalized spacial score (nSPS) is 11.7. The predicted octanol–water partition coefficient (Wildman–Crippen LogP) is 1.49. The number of methoxy groups -OCH3 is 1. The van der Waals surface area contributed by atoms with E-state index < -0.39 is 12.0 Å². The number of carbonyl (C=O) groups excluding carboxylic acids is 2. The molecular weight excluding hydrogens is 264 g/mol. The van der Waals surface area contributed by atoms with Crippen molar-refractivity contribution in [3.63, 3.8) is 0 Å². The van der Waals surface area contributed by atoms with E-state index in [1.54, 1.807) is 36.0 Å². The van der Waals surface area contributed by atoms with E-state index in [2.05, 4.69) is 10.1 Å². The molecule has 0 saturated heterocycles. The van der Waals surface area contributed by atoms with Gasteiger partial charge in [0, 0.05) is 0 Å². The van der Waals surface area contributed by atoms with Gasteiger partial charge in [-0.3, -0.25) is 4.79 Å². The second-order valence-corrected chi connectivity index (χ2v) is 4.90. The number of carbonyl (C=O) groups is 2. The quantitative estimate of drug-likeness (QED) is 0.773. The topological polar surface area (TPSA) is 81.4 Å². The lowest BCUT2D eigenvalue weighted by Gasteiger charge is -2.13. The molecule has 19 heavy (non-hydrogen) atoms. The average Bonchev–Trinajstić information content (AvgIpc) is 2.44. The van der Waals surface area contributed by atoms with Crippen molar-refractivity contribution in [1.82, 2.24) is 0 Å². The molecule has 6 heteroatoms. The van der Waals surface area contributed by atoms with Crippen LogP contribution in [0, 0.1) is 0 Å². The summed E-state index contributed by atoms with van der Waals surface area (Å²) in [6, 6.07) is 6.09. The lowest BCUT2D eigenvalue weighted by molar-refractivity contribution is -0.117. The van der Waals surface area contributed by atoms with Gasteiger partial charge in [-0.1, -0.05) is 12.1 Å². The highest BCUT2D eigenvalue weighted by Gasteiger charge is 2.17. The molecular formula is C13H18N2O3S. The molecule has 5 nitrogen and oxygen atoms in total. The summed E-state index contributed by atoms with van der Waals surface area (Å²) in [5, 5.41) is 2.66. The Balaban J connectivity index is 2.76. The van der Waals surface area contributed by atoms with Gasteiger partial charge < -0.3 is 15.8 Å². The van der Waals surface area contributed by atoms with Crippen molar-refractivity contribution in [3.8, 4) is 0 Å². The lowest BCUT2D eigenvalue weighted by Crippen LogP contribution is -2.36. The third kappa shape index (κ3) is 4.57. The molecule has 0 spiro atoms. The summed E-state index contributed by atoms with van der Waals surface area (Å²) in [6.07, 6.45) is 2.55. The average molecular weight is 282 g/mol. The molecule has 1 atom stereocenters. The molecule has 0 fully saturated rings. The molecule has 3 N–H and O–H groups in total. The van der Waals surface area contributed by atoms with Gasteiger partial charge in [-0.15, -0.1) is 0 Å². The van der Waals surface area contributed by atoms with Crippen molar-refractivity contribution >= 4 is 29.3 Å². The lowest BCUT2D eigenvalue weighted by atomic mass is 10.1. The summed E-state index contributed by atoms with van der Waals surface area (Å²) in [5.74, 6) is 0.0201. The molecule has 0 aliphatic carbocycles. The monoisotopic (exact) mass is 282 g/mol. The summed E-state index contributed by atoms with van der Waals surface area (Å²) in [5.41, 5.74) is 6.50. The molecule has 1 rings (SSSR count). The van der Waals surface area contributed by atoms with E-state index in [1.165, 1.54) is 7.11 Å². The molecule has 1 aromatic carbocycles. The molecule has 0 aliphatic rings. The number of para-hydroxylation sites is 1. The van der Waals surface area contributed by atoms with Gasteiger partial charge in [0.2, 0.25) is 5.91 Å². The summed E-state index contributed by atoms with van der Waals surface area (Å²) < 4.78 is 4.66. The summed E-state index contributed by atoms with van der Waals surface area (Å²) in [7, 11) is 1.30. The second-order valence-electron chi connectivity index (χ2n) is 3.91. The van der Waals surface area contributed by atoms with E-state index in [4.69, 9.17) is 5.73 Å². The Morgan fingerprint density at radius 1 is 1.42 bits per heavy atom. The number of hydrogen-bond donors (Lipinski definition) is 2. The number of anilines is 1. The van der Waals surface area contributed by atoms with Crippen molar-refractivity contribution in [2.45, 2.75) is 12.5 Å². The zero-order valence-corrected chi connectivity index (χ0v) is 11.8. The van der Waals surface area contributed by atoms with Crippen LogP contribution >= 0.6 is 11.8 Å². The van der Waals surface area contributed by atoms with Gasteiger partial charge in [-0.2, -0.15) is 11.8 Å². The number of ether oxygens (including phenoxy) is 1. The van der Waals surface area contributed by atoms with Gasteiger partial charge >= 0.3 is 5.97 Å². The number of thioether (sulfide) groups is 1. The molecule has 0 aliphatic heterocycles. The maximum absolute atomic E-state index is 11.9. The van der Waals surface area contributed by atoms with E-state index >= 15 is 0 Å². The number of nitrogens with two attached hydrogens (primary N) is 1. The number of hydrogen-bond acceptors (Lipinski definition) is 5. The third-order valence-electron chi connectivity index (χ3n) is 2.56. The van der Waals surface area contributed by atoms with Gasteiger partial charge in [0.05, 0.1) is 24.4 Å². The summed E-state index contributed by atoms with van der Waals surface area (Å²) >= 11 is 1.63. The van der Waals surface area contributed by atoms with Crippen LogP contribution < -0.4 is 11.1 Å². The first-order chi connectivity index (χ1) is 9.10. The SMILES string of the molecule is COC(=O)c1ccccc1NC(=O)[C@H](N)CCSC. The number of benzene rings is 1. The molecule has 1 amide bonds. The van der Waals surface area contributed by atoms with Crippen LogP contribution in [0.2, 0.25) is 0 Å². The highest BCUT2D eigenvalue weighted by Crippen LogP contribution is 2.16. The molecule has 0 radical (unpaired) electrons.